The van der Waals surface area contributed by atoms with Gasteiger partial charge >= 0.3 is 0 Å². The number of hydrogen-bond donors (Lipinski definition) is 0. The van der Waals surface area contributed by atoms with Crippen LogP contribution in [-0.2, 0) is 11.5 Å². The van der Waals surface area contributed by atoms with Gasteiger partial charge in [0.2, 0.25) is 11.7 Å². The number of para-hydroxylation sites is 1. The lowest BCUT2D eigenvalue weighted by atomic mass is 10.2. The minimum absolute atomic E-state index is 0.590. The van der Waals surface area contributed by atoms with E-state index >= 15 is 0 Å². The highest BCUT2D eigenvalue weighted by Crippen LogP contribution is 2.35. The number of rotatable bonds is 5. The number of thioether (sulfide) groups is 2. The molecular formula is C19H17N3O2S2. The van der Waals surface area contributed by atoms with Crippen LogP contribution in [0.3, 0.4) is 0 Å². The third-order valence-electron chi connectivity index (χ3n) is 3.77. The number of ether oxygens (including phenoxy) is 1. The van der Waals surface area contributed by atoms with Gasteiger partial charge < -0.3 is 9.26 Å². The first-order valence-corrected chi connectivity index (χ1v) is 10.3. The van der Waals surface area contributed by atoms with Crippen LogP contribution in [0.5, 0.6) is 5.75 Å². The number of aliphatic imine (C=N–C) groups is 1. The first-order chi connectivity index (χ1) is 12.8. The van der Waals surface area contributed by atoms with Gasteiger partial charge in [-0.15, -0.1) is 0 Å². The summed E-state index contributed by atoms with van der Waals surface area (Å²) in [6.07, 6.45) is 0. The molecule has 0 bridgehead atoms. The summed E-state index contributed by atoms with van der Waals surface area (Å²) in [4.78, 5) is 9.17. The zero-order valence-corrected chi connectivity index (χ0v) is 15.8. The van der Waals surface area contributed by atoms with Crippen LogP contribution in [0, 0.1) is 0 Å². The lowest BCUT2D eigenvalue weighted by Crippen LogP contribution is -1.96. The van der Waals surface area contributed by atoms with E-state index in [0.717, 1.165) is 27.1 Å². The Morgan fingerprint density at radius 1 is 1.15 bits per heavy atom. The second-order valence-electron chi connectivity index (χ2n) is 5.55. The Bertz CT molecular complexity index is 923. The van der Waals surface area contributed by atoms with E-state index in [1.165, 1.54) is 5.56 Å². The van der Waals surface area contributed by atoms with Crippen LogP contribution in [0.25, 0.3) is 11.4 Å². The van der Waals surface area contributed by atoms with Crippen molar-refractivity contribution in [2.75, 3.05) is 6.61 Å². The summed E-state index contributed by atoms with van der Waals surface area (Å²) in [6.45, 7) is 2.61. The fourth-order valence-corrected chi connectivity index (χ4v) is 4.41. The van der Waals surface area contributed by atoms with Crippen LogP contribution in [0.4, 0.5) is 5.69 Å². The van der Waals surface area contributed by atoms with Crippen molar-refractivity contribution in [1.82, 2.24) is 10.1 Å². The molecule has 5 nitrogen and oxygen atoms in total. The number of nitrogens with zero attached hydrogens (tertiary/aromatic N) is 3. The summed E-state index contributed by atoms with van der Waals surface area (Å²) in [7, 11) is 0. The zero-order chi connectivity index (χ0) is 17.8. The van der Waals surface area contributed by atoms with Gasteiger partial charge in [-0.3, -0.25) is 0 Å². The summed E-state index contributed by atoms with van der Waals surface area (Å²) >= 11 is 3.37. The van der Waals surface area contributed by atoms with Gasteiger partial charge in [-0.05, 0) is 42.8 Å². The van der Waals surface area contributed by atoms with Gasteiger partial charge in [-0.25, -0.2) is 4.99 Å². The molecule has 1 aromatic heterocycles. The Morgan fingerprint density at radius 2 is 2.00 bits per heavy atom. The first kappa shape index (κ1) is 17.2. The van der Waals surface area contributed by atoms with Gasteiger partial charge in [0.15, 0.2) is 0 Å². The first-order valence-electron chi connectivity index (χ1n) is 8.30. The van der Waals surface area contributed by atoms with E-state index in [1.54, 1.807) is 23.5 Å². The molecule has 0 N–H and O–H groups in total. The van der Waals surface area contributed by atoms with E-state index in [1.807, 2.05) is 49.4 Å². The molecule has 0 atom stereocenters. The van der Waals surface area contributed by atoms with Gasteiger partial charge in [0.1, 0.15) is 10.1 Å². The maximum Gasteiger partial charge on any atom is 0.237 e. The van der Waals surface area contributed by atoms with E-state index in [4.69, 9.17) is 14.3 Å². The van der Waals surface area contributed by atoms with Crippen molar-refractivity contribution in [3.63, 3.8) is 0 Å². The Hall–Kier alpha value is -2.25. The highest BCUT2D eigenvalue weighted by atomic mass is 32.2. The molecular weight excluding hydrogens is 366 g/mol. The largest absolute Gasteiger partial charge is 0.494 e. The van der Waals surface area contributed by atoms with Gasteiger partial charge in [-0.1, -0.05) is 46.9 Å². The molecule has 0 amide bonds. The van der Waals surface area contributed by atoms with E-state index in [9.17, 15) is 0 Å². The third-order valence-corrected chi connectivity index (χ3v) is 6.00. The predicted molar refractivity (Wildman–Crippen MR) is 107 cm³/mol. The number of benzene rings is 2. The van der Waals surface area contributed by atoms with Gasteiger partial charge in [-0.2, -0.15) is 4.98 Å². The van der Waals surface area contributed by atoms with Crippen LogP contribution in [0.2, 0.25) is 0 Å². The van der Waals surface area contributed by atoms with Crippen LogP contribution < -0.4 is 4.74 Å². The normalized spacial score (nSPS) is 13.2. The minimum atomic E-state index is 0.590. The van der Waals surface area contributed by atoms with Crippen LogP contribution >= 0.6 is 23.5 Å². The standard InChI is InChI=1S/C19H17N3O2S2/c1-2-23-15-9-7-13(8-10-15)18-21-17(24-22-18)12-26-19-20-16-6-4-3-5-14(16)11-25-19/h3-10H,2,11-12H2,1H3. The second kappa shape index (κ2) is 7.97. The third kappa shape index (κ3) is 3.94. The Kier molecular flexibility index (Phi) is 5.26. The summed E-state index contributed by atoms with van der Waals surface area (Å²) < 4.78 is 11.9. The van der Waals surface area contributed by atoms with Crippen LogP contribution in [-0.4, -0.2) is 21.1 Å². The second-order valence-corrected chi connectivity index (χ2v) is 7.74. The van der Waals surface area contributed by atoms with Crippen molar-refractivity contribution in [2.24, 2.45) is 4.99 Å². The number of fused-ring (bicyclic) bond motifs is 1. The highest BCUT2D eigenvalue weighted by Gasteiger charge is 2.15. The number of aromatic nitrogens is 2. The molecule has 0 saturated carbocycles. The quantitative estimate of drug-likeness (QED) is 0.595. The molecule has 2 heterocycles. The molecule has 7 heteroatoms. The molecule has 4 rings (SSSR count). The maximum atomic E-state index is 5.45. The lowest BCUT2D eigenvalue weighted by molar-refractivity contribution is 0.340. The van der Waals surface area contributed by atoms with Crippen molar-refractivity contribution >= 4 is 33.6 Å². The molecule has 132 valence electrons. The van der Waals surface area contributed by atoms with Crippen molar-refractivity contribution in [3.8, 4) is 17.1 Å². The highest BCUT2D eigenvalue weighted by molar-refractivity contribution is 8.38. The molecule has 0 aliphatic carbocycles. The Morgan fingerprint density at radius 3 is 2.85 bits per heavy atom. The Labute approximate surface area is 160 Å². The van der Waals surface area contributed by atoms with Crippen molar-refractivity contribution < 1.29 is 9.26 Å². The van der Waals surface area contributed by atoms with Crippen molar-refractivity contribution in [2.45, 2.75) is 18.4 Å². The maximum absolute atomic E-state index is 5.45. The van der Waals surface area contributed by atoms with E-state index in [2.05, 4.69) is 16.2 Å². The van der Waals surface area contributed by atoms with Crippen LogP contribution in [0.15, 0.2) is 58.0 Å². The minimum Gasteiger partial charge on any atom is -0.494 e. The van der Waals surface area contributed by atoms with E-state index in [-0.39, 0.29) is 0 Å². The molecule has 0 unspecified atom stereocenters. The molecule has 26 heavy (non-hydrogen) atoms. The summed E-state index contributed by atoms with van der Waals surface area (Å²) in [5.74, 6) is 3.58. The molecule has 0 radical (unpaired) electrons. The molecule has 2 aromatic carbocycles. The molecule has 1 aliphatic heterocycles. The van der Waals surface area contributed by atoms with Gasteiger partial charge in [0.05, 0.1) is 18.0 Å². The van der Waals surface area contributed by atoms with Crippen molar-refractivity contribution in [3.05, 3.63) is 60.0 Å². The fourth-order valence-electron chi connectivity index (χ4n) is 2.51. The monoisotopic (exact) mass is 383 g/mol. The molecule has 0 spiro atoms. The lowest BCUT2D eigenvalue weighted by Gasteiger charge is -2.13. The van der Waals surface area contributed by atoms with E-state index in [0.29, 0.717) is 24.1 Å². The van der Waals surface area contributed by atoms with Crippen molar-refractivity contribution in [1.29, 1.82) is 0 Å². The SMILES string of the molecule is CCOc1ccc(-c2noc(CSC3=Nc4ccccc4CS3)n2)cc1. The van der Waals surface area contributed by atoms with Gasteiger partial charge in [0, 0.05) is 11.3 Å². The predicted octanol–water partition coefficient (Wildman–Crippen LogP) is 5.30. The Balaban J connectivity index is 1.40. The average Bonchev–Trinajstić information content (AvgIpc) is 3.16. The molecule has 0 saturated heterocycles. The van der Waals surface area contributed by atoms with Gasteiger partial charge in [0.25, 0.3) is 0 Å². The molecule has 0 fully saturated rings. The zero-order valence-electron chi connectivity index (χ0n) is 14.2. The van der Waals surface area contributed by atoms with E-state index < -0.39 is 0 Å². The van der Waals surface area contributed by atoms with Crippen LogP contribution in [0.1, 0.15) is 18.4 Å². The summed E-state index contributed by atoms with van der Waals surface area (Å²) in [6, 6.07) is 15.9. The summed E-state index contributed by atoms with van der Waals surface area (Å²) in [5, 5.41) is 4.07. The molecule has 3 aromatic rings. The fraction of sp³-hybridized carbons (Fsp3) is 0.211. The topological polar surface area (TPSA) is 60.5 Å². The molecule has 1 aliphatic rings. The average molecular weight is 383 g/mol. The smallest absolute Gasteiger partial charge is 0.237 e. The number of hydrogen-bond acceptors (Lipinski definition) is 7. The summed E-state index contributed by atoms with van der Waals surface area (Å²) in [5.41, 5.74) is 3.23.